The van der Waals surface area contributed by atoms with Crippen LogP contribution in [0.2, 0.25) is 10.3 Å². The van der Waals surface area contributed by atoms with Gasteiger partial charge < -0.3 is 83.3 Å². The molecule has 1 fully saturated rings. The van der Waals surface area contributed by atoms with Crippen LogP contribution >= 0.6 is 133 Å². The van der Waals surface area contributed by atoms with Gasteiger partial charge in [-0.15, -0.1) is 23.7 Å². The number of morpholine rings is 1. The number of hydrogen-bond acceptors (Lipinski definition) is 18. The minimum Gasteiger partial charge on any atom is -1.00 e. The van der Waals surface area contributed by atoms with Gasteiger partial charge in [-0.1, -0.05) is 68.5 Å². The Morgan fingerprint density at radius 3 is 1.10 bits per heavy atom. The summed E-state index contributed by atoms with van der Waals surface area (Å²) in [5.74, 6) is -2.63. The number of nitrogens with two attached hydrogens (primary N) is 2. The Kier molecular flexibility index (Phi) is 80.6. The van der Waals surface area contributed by atoms with Crippen molar-refractivity contribution in [2.75, 3.05) is 87.2 Å². The number of ether oxygens (including phenoxy) is 1. The van der Waals surface area contributed by atoms with Crippen molar-refractivity contribution in [2.24, 2.45) is 11.5 Å². The van der Waals surface area contributed by atoms with Gasteiger partial charge in [0, 0.05) is 124 Å². The molecule has 8 N–H and O–H groups in total. The zero-order chi connectivity index (χ0) is 88.9. The second kappa shape index (κ2) is 72.5. The van der Waals surface area contributed by atoms with Gasteiger partial charge in [-0.3, -0.25) is 48.0 Å². The number of amides is 4. The van der Waals surface area contributed by atoms with Crippen LogP contribution in [0.3, 0.4) is 0 Å². The molecule has 4 amide bonds. The number of thiazole rings is 1. The Balaban J connectivity index is -0.000000169. The van der Waals surface area contributed by atoms with E-state index in [1.807, 2.05) is 41.0 Å². The summed E-state index contributed by atoms with van der Waals surface area (Å²) >= 11 is 34.0. The maximum Gasteiger partial charge on any atom is 1.00 e. The van der Waals surface area contributed by atoms with Crippen molar-refractivity contribution in [1.82, 2.24) is 60.6 Å². The molecule has 8 rings (SSSR count). The quantitative estimate of drug-likeness (QED) is 0.00721. The summed E-state index contributed by atoms with van der Waals surface area (Å²) in [4.78, 5) is 102. The predicted molar refractivity (Wildman–Crippen MR) is 454 cm³/mol. The third-order valence-electron chi connectivity index (χ3n) is 12.2. The summed E-state index contributed by atoms with van der Waals surface area (Å²) < 4.78 is 182. The van der Waals surface area contributed by atoms with E-state index in [4.69, 9.17) is 45.3 Å². The number of aromatic nitrogens is 6. The number of aryl methyl sites for hydroxylation is 1. The molecule has 1 aromatic carbocycles. The SMILES string of the molecule is BrBr.C.C.CC(=O)Cl.CC(=O)c1ccc(C(=O)NCCC(F)(F)F)cn1.CC(N)=S.CN1CCOCC1.C[N+](C)(C)c1ccccc1.Cc1nc(-c2ccc(C(=O)NCCC(F)(F)F)cn2)cs1.Cl.NCCC(F)(F)F.O=C(Cl)c1ccc(Cl)nc1.O=C(NCCC(F)(F)F)c1ccc(Cl)nc1.O=C(NCCC(F)(F)F)c1ccc(I)nc1.[Br-].[I-].[Na+]. The van der Waals surface area contributed by atoms with Gasteiger partial charge >= 0.3 is 60.4 Å². The van der Waals surface area contributed by atoms with Gasteiger partial charge in [0.1, 0.15) is 25.4 Å². The standard InChI is InChI=1S/C13H12F3N3OS.C11H11F3N2O2.C9H8ClF3N2O.C9H8F3IN2O.C9H14N.C6H3Cl2NO.C5H11NO.C3H6F3N.C2H3ClO.C2H5NS.2CH4.Br2.BrH.ClH.HI.Na/c1-8-19-11(7-21-8)10-3-2-9(6-18-10)12(20)17-5-4-13(14,15)16;1-7(17)9-3-2-8(6-16-9)10(18)15-5-4-11(12,13)14;10-7-2-1-6(5-15-7)8(16)14-4-3-9(11,12)13;10-9(11,12)3-4-14-8(16)6-1-2-7(13)15-5-6;1-10(2,3)9-7-5-4-6-8-9;7-5-2-1-4(3-9-5)6(8)10;1-6-2-4-7-5-3-6;4-3(5,6)1-2-7;2*1-2(3)4;;;1-2;;;;/h2-3,6-7H,4-5H2,1H3,(H,17,20);2-3,6H,4-5H2,1H3,(H,15,18);2*1-2,5H,3-4H2,(H,14,16);4-8H,1-3H3;1-3H;2-5H2,1H3;1-2,7H2;1H3;1H3,(H2,3,4);2*1H4;;3*1H;/q;;;;+1;;;;;;;;;;;;+1/p-2. The normalized spacial score (nSPS) is 11.0. The fraction of sp³-hybridized carbons (Fsp3) is 0.408. The fourth-order valence-electron chi connectivity index (χ4n) is 6.78. The first-order valence-electron chi connectivity index (χ1n) is 32.4. The first kappa shape index (κ1) is 135. The van der Waals surface area contributed by atoms with E-state index >= 15 is 0 Å². The number of halogens is 25. The van der Waals surface area contributed by atoms with Crippen molar-refractivity contribution >= 4 is 184 Å². The molecular formula is C71H90Br3Cl5F15I2N14NaO8S2. The number of para-hydroxylation sites is 1. The molecular weight excluding hydrogens is 2220 g/mol. The largest absolute Gasteiger partial charge is 1.00 e. The van der Waals surface area contributed by atoms with Crippen LogP contribution < -0.4 is 108 Å². The Labute approximate surface area is 806 Å². The Morgan fingerprint density at radius 2 is 0.876 bits per heavy atom. The number of pyridine rings is 5. The molecule has 0 bridgehead atoms. The van der Waals surface area contributed by atoms with Crippen LogP contribution in [0.1, 0.15) is 135 Å². The Bertz CT molecular complexity index is 3880. The second-order valence-electron chi connectivity index (χ2n) is 23.0. The number of carbonyl (C=O) groups excluding carboxylic acids is 7. The minimum atomic E-state index is -4.30. The van der Waals surface area contributed by atoms with Gasteiger partial charge in [0.15, 0.2) is 5.78 Å². The number of nitrogens with zero attached hydrogens (tertiary/aromatic N) is 8. The third-order valence-corrected chi connectivity index (χ3v) is 14.3. The van der Waals surface area contributed by atoms with Crippen LogP contribution in [0.25, 0.3) is 11.4 Å². The van der Waals surface area contributed by atoms with Gasteiger partial charge in [-0.2, -0.15) is 65.9 Å². The maximum atomic E-state index is 12.0. The van der Waals surface area contributed by atoms with E-state index in [2.05, 4.69) is 166 Å². The molecule has 0 saturated carbocycles. The molecule has 1 saturated heterocycles. The molecule has 22 nitrogen and oxygen atoms in total. The summed E-state index contributed by atoms with van der Waals surface area (Å²) in [5, 5.41) is 11.1. The average Bonchev–Trinajstić information content (AvgIpc) is 1.76. The van der Waals surface area contributed by atoms with E-state index in [0.29, 0.717) is 30.8 Å². The van der Waals surface area contributed by atoms with E-state index in [1.165, 1.54) is 104 Å². The molecule has 1 aliphatic heterocycles. The molecule has 0 spiro atoms. The van der Waals surface area contributed by atoms with Crippen molar-refractivity contribution in [2.45, 2.75) is 106 Å². The van der Waals surface area contributed by atoms with E-state index in [-0.39, 0.29) is 148 Å². The molecule has 6 aromatic heterocycles. The summed E-state index contributed by atoms with van der Waals surface area (Å²) in [6.45, 7) is 8.06. The minimum absolute atomic E-state index is 0. The van der Waals surface area contributed by atoms with Crippen molar-refractivity contribution in [3.8, 4) is 11.4 Å². The molecule has 0 aliphatic carbocycles. The summed E-state index contributed by atoms with van der Waals surface area (Å²) in [5.41, 5.74) is 13.4. The number of hydrogen-bond donors (Lipinski definition) is 6. The maximum absolute atomic E-state index is 12.0. The molecule has 7 heterocycles. The predicted octanol–water partition coefficient (Wildman–Crippen LogP) is 10.3. The van der Waals surface area contributed by atoms with Crippen LogP contribution in [0.15, 0.2) is 127 Å². The second-order valence-corrected chi connectivity index (χ2v) is 27.5. The van der Waals surface area contributed by atoms with E-state index in [1.54, 1.807) is 19.1 Å². The van der Waals surface area contributed by atoms with Crippen molar-refractivity contribution < 1.29 is 175 Å². The van der Waals surface area contributed by atoms with Gasteiger partial charge in [0.25, 0.3) is 28.9 Å². The number of carbonyl (C=O) groups is 7. The van der Waals surface area contributed by atoms with Crippen LogP contribution in [0.5, 0.6) is 0 Å². The zero-order valence-electron chi connectivity index (χ0n) is 64.3. The van der Waals surface area contributed by atoms with Crippen LogP contribution in [0.4, 0.5) is 71.5 Å². The van der Waals surface area contributed by atoms with Gasteiger partial charge in [-0.25, -0.2) is 19.9 Å². The molecule has 680 valence electrons. The molecule has 0 atom stereocenters. The first-order chi connectivity index (χ1) is 53.1. The molecule has 0 radical (unpaired) electrons. The smallest absolute Gasteiger partial charge is 1.00 e. The molecule has 0 unspecified atom stereocenters. The summed E-state index contributed by atoms with van der Waals surface area (Å²) in [7, 11) is 8.60. The van der Waals surface area contributed by atoms with Crippen LogP contribution in [-0.4, -0.2) is 198 Å². The molecule has 1 aliphatic rings. The van der Waals surface area contributed by atoms with Crippen molar-refractivity contribution in [3.63, 3.8) is 0 Å². The topological polar surface area (TPSA) is 309 Å². The van der Waals surface area contributed by atoms with Gasteiger partial charge in [0.05, 0.1) is 116 Å². The molecule has 50 heteroatoms. The number of ketones is 1. The number of rotatable bonds is 17. The Morgan fingerprint density at radius 1 is 0.554 bits per heavy atom. The number of quaternary nitrogens is 1. The number of Topliss-reactive ketones (excluding diaryl/α,β-unsaturated/α-hetero) is 1. The Hall–Kier alpha value is -4.48. The van der Waals surface area contributed by atoms with Crippen LogP contribution in [0, 0.1) is 10.6 Å². The number of alkyl halides is 15. The fourth-order valence-corrected chi connectivity index (χ4v) is 8.04. The van der Waals surface area contributed by atoms with Gasteiger partial charge in [0.2, 0.25) is 5.24 Å². The number of benzene rings is 1. The van der Waals surface area contributed by atoms with E-state index in [9.17, 15) is 99.4 Å². The average molecular weight is 2310 g/mol. The summed E-state index contributed by atoms with van der Waals surface area (Å²) in [6.07, 6.45) is -20.0. The van der Waals surface area contributed by atoms with Crippen molar-refractivity contribution in [1.29, 1.82) is 0 Å². The van der Waals surface area contributed by atoms with Crippen molar-refractivity contribution in [3.05, 3.63) is 180 Å². The number of nitrogens with one attached hydrogen (secondary N) is 4. The summed E-state index contributed by atoms with van der Waals surface area (Å²) in [6, 6.07) is 25.2. The first-order valence-corrected chi connectivity index (χ1v) is 40.0. The van der Waals surface area contributed by atoms with E-state index < -0.39 is 118 Å². The molecule has 121 heavy (non-hydrogen) atoms. The zero-order valence-corrected chi connectivity index (χ0v) is 80.9. The number of likely N-dealkylation sites (N-methyl/N-ethyl adjacent to an activating group) is 1. The van der Waals surface area contributed by atoms with Gasteiger partial charge in [-0.05, 0) is 139 Å². The molecule has 7 aromatic rings. The van der Waals surface area contributed by atoms with Crippen LogP contribution in [-0.2, 0) is 9.53 Å². The monoisotopic (exact) mass is 2300 g/mol. The van der Waals surface area contributed by atoms with E-state index in [0.717, 1.165) is 42.0 Å². The third kappa shape index (κ3) is 79.9. The number of thiocarbonyl (C=S) groups is 1.